The number of hydrogen-bond donors (Lipinski definition) is 1. The van der Waals surface area contributed by atoms with E-state index >= 15 is 0 Å². The summed E-state index contributed by atoms with van der Waals surface area (Å²) in [6, 6.07) is 17.3. The number of carbonyl (C=O) groups excluding carboxylic acids is 1. The zero-order valence-corrected chi connectivity index (χ0v) is 19.4. The van der Waals surface area contributed by atoms with Gasteiger partial charge in [-0.2, -0.15) is 0 Å². The lowest BCUT2D eigenvalue weighted by atomic mass is 10.2. The van der Waals surface area contributed by atoms with Crippen LogP contribution >= 0.6 is 34.7 Å². The van der Waals surface area contributed by atoms with Gasteiger partial charge in [-0.25, -0.2) is 4.98 Å². The number of nitrogens with one attached hydrogen (secondary N) is 1. The van der Waals surface area contributed by atoms with E-state index in [1.54, 1.807) is 16.7 Å². The molecule has 0 unspecified atom stereocenters. The largest absolute Gasteiger partial charge is 0.325 e. The van der Waals surface area contributed by atoms with Crippen molar-refractivity contribution in [3.05, 3.63) is 75.5 Å². The number of halogens is 1. The molecular weight excluding hydrogens is 450 g/mol. The number of rotatable bonds is 6. The second-order valence-corrected chi connectivity index (χ2v) is 9.29. The average Bonchev–Trinajstić information content (AvgIpc) is 3.21. The van der Waals surface area contributed by atoms with Crippen LogP contribution in [0.3, 0.4) is 0 Å². The van der Waals surface area contributed by atoms with Gasteiger partial charge in [-0.1, -0.05) is 59.8 Å². The Morgan fingerprint density at radius 1 is 1.19 bits per heavy atom. The van der Waals surface area contributed by atoms with Crippen LogP contribution in [0.5, 0.6) is 0 Å². The number of thiophene rings is 1. The Hall–Kier alpha value is -2.61. The molecule has 0 radical (unpaired) electrons. The lowest BCUT2D eigenvalue weighted by molar-refractivity contribution is -0.113. The molecule has 0 atom stereocenters. The first-order valence-corrected chi connectivity index (χ1v) is 11.9. The van der Waals surface area contributed by atoms with Gasteiger partial charge in [-0.15, -0.1) is 11.3 Å². The summed E-state index contributed by atoms with van der Waals surface area (Å²) in [6.45, 7) is 4.24. The Labute approximate surface area is 193 Å². The summed E-state index contributed by atoms with van der Waals surface area (Å²) >= 11 is 8.83. The van der Waals surface area contributed by atoms with Gasteiger partial charge in [0, 0.05) is 22.1 Å². The third kappa shape index (κ3) is 4.54. The number of thioether (sulfide) groups is 1. The molecule has 1 amide bonds. The number of aromatic nitrogens is 2. The van der Waals surface area contributed by atoms with Gasteiger partial charge in [0.05, 0.1) is 11.3 Å². The molecule has 4 aromatic rings. The second-order valence-electron chi connectivity index (χ2n) is 6.88. The normalized spacial score (nSPS) is 11.1. The molecule has 4 rings (SSSR count). The van der Waals surface area contributed by atoms with Gasteiger partial charge < -0.3 is 5.32 Å². The first kappa shape index (κ1) is 21.6. The number of hydrogen-bond acceptors (Lipinski definition) is 5. The van der Waals surface area contributed by atoms with E-state index in [4.69, 9.17) is 16.6 Å². The fraction of sp³-hybridized carbons (Fsp3) is 0.174. The van der Waals surface area contributed by atoms with E-state index in [0.717, 1.165) is 16.0 Å². The quantitative estimate of drug-likeness (QED) is 0.284. The summed E-state index contributed by atoms with van der Waals surface area (Å²) < 4.78 is 2.25. The molecule has 158 valence electrons. The van der Waals surface area contributed by atoms with Crippen molar-refractivity contribution >= 4 is 56.5 Å². The van der Waals surface area contributed by atoms with Crippen LogP contribution in [0.2, 0.25) is 5.02 Å². The third-order valence-corrected chi connectivity index (χ3v) is 7.39. The fourth-order valence-corrected chi connectivity index (χ4v) is 5.27. The van der Waals surface area contributed by atoms with Crippen molar-refractivity contribution < 1.29 is 4.79 Å². The van der Waals surface area contributed by atoms with Crippen LogP contribution in [0.4, 0.5) is 5.69 Å². The molecule has 1 N–H and O–H groups in total. The monoisotopic (exact) mass is 469 g/mol. The molecule has 0 spiro atoms. The summed E-state index contributed by atoms with van der Waals surface area (Å²) in [5.41, 5.74) is 3.14. The van der Waals surface area contributed by atoms with Crippen molar-refractivity contribution in [2.75, 3.05) is 11.1 Å². The van der Waals surface area contributed by atoms with Gasteiger partial charge in [0.1, 0.15) is 4.70 Å². The summed E-state index contributed by atoms with van der Waals surface area (Å²) in [5, 5.41) is 4.02. The Bertz CT molecular complexity index is 1320. The van der Waals surface area contributed by atoms with Crippen LogP contribution < -0.4 is 10.9 Å². The maximum atomic E-state index is 13.0. The number of carbonyl (C=O) groups is 1. The predicted molar refractivity (Wildman–Crippen MR) is 131 cm³/mol. The van der Waals surface area contributed by atoms with Gasteiger partial charge in [0.2, 0.25) is 5.91 Å². The highest BCUT2D eigenvalue weighted by molar-refractivity contribution is 7.99. The van der Waals surface area contributed by atoms with E-state index in [9.17, 15) is 9.59 Å². The summed E-state index contributed by atoms with van der Waals surface area (Å²) in [7, 11) is 0. The van der Waals surface area contributed by atoms with E-state index in [2.05, 4.69) is 5.32 Å². The first-order valence-electron chi connectivity index (χ1n) is 9.75. The molecule has 0 aliphatic carbocycles. The zero-order valence-electron chi connectivity index (χ0n) is 17.0. The molecule has 8 heteroatoms. The van der Waals surface area contributed by atoms with Gasteiger partial charge in [0.25, 0.3) is 5.56 Å². The van der Waals surface area contributed by atoms with Gasteiger partial charge in [-0.3, -0.25) is 14.2 Å². The highest BCUT2D eigenvalue weighted by Crippen LogP contribution is 2.32. The lowest BCUT2D eigenvalue weighted by Gasteiger charge is -2.11. The maximum absolute atomic E-state index is 13.0. The number of anilines is 1. The number of fused-ring (bicyclic) bond motifs is 1. The Morgan fingerprint density at radius 3 is 2.71 bits per heavy atom. The molecular formula is C23H20ClN3O2S2. The third-order valence-electron chi connectivity index (χ3n) is 4.85. The topological polar surface area (TPSA) is 64.0 Å². The highest BCUT2D eigenvalue weighted by atomic mass is 35.5. The van der Waals surface area contributed by atoms with E-state index in [-0.39, 0.29) is 17.2 Å². The van der Waals surface area contributed by atoms with Gasteiger partial charge in [-0.05, 0) is 43.2 Å². The molecule has 0 aliphatic rings. The summed E-state index contributed by atoms with van der Waals surface area (Å²) in [4.78, 5) is 31.2. The van der Waals surface area contributed by atoms with Crippen molar-refractivity contribution in [3.8, 4) is 10.4 Å². The van der Waals surface area contributed by atoms with Crippen molar-refractivity contribution in [3.63, 3.8) is 0 Å². The van der Waals surface area contributed by atoms with Crippen LogP contribution in [-0.4, -0.2) is 21.2 Å². The minimum Gasteiger partial charge on any atom is -0.325 e. The Kier molecular flexibility index (Phi) is 6.46. The van der Waals surface area contributed by atoms with E-state index in [1.165, 1.54) is 23.1 Å². The standard InChI is InChI=1S/C23H20ClN3O2S2/c1-3-27-22(29)21-18(12-19(31-21)15-8-5-4-6-9-15)26-23(27)30-13-20(28)25-17-11-7-10-16(24)14(17)2/h4-12H,3,13H2,1-2H3,(H,25,28). The van der Waals surface area contributed by atoms with E-state index in [0.29, 0.717) is 32.6 Å². The summed E-state index contributed by atoms with van der Waals surface area (Å²) in [5.74, 6) is -0.0396. The van der Waals surface area contributed by atoms with Crippen LogP contribution in [0.15, 0.2) is 64.5 Å². The number of benzene rings is 2. The van der Waals surface area contributed by atoms with Crippen molar-refractivity contribution in [1.29, 1.82) is 0 Å². The van der Waals surface area contributed by atoms with Crippen molar-refractivity contribution in [2.45, 2.75) is 25.5 Å². The first-order chi connectivity index (χ1) is 15.0. The van der Waals surface area contributed by atoms with Crippen LogP contribution in [0.25, 0.3) is 20.7 Å². The van der Waals surface area contributed by atoms with Crippen LogP contribution in [0, 0.1) is 6.92 Å². The predicted octanol–water partition coefficient (Wildman–Crippen LogP) is 5.84. The Morgan fingerprint density at radius 2 is 1.97 bits per heavy atom. The molecule has 0 saturated heterocycles. The van der Waals surface area contributed by atoms with Crippen molar-refractivity contribution in [2.24, 2.45) is 0 Å². The van der Waals surface area contributed by atoms with Gasteiger partial charge in [0.15, 0.2) is 5.16 Å². The van der Waals surface area contributed by atoms with E-state index in [1.807, 2.05) is 56.3 Å². The number of amides is 1. The highest BCUT2D eigenvalue weighted by Gasteiger charge is 2.16. The lowest BCUT2D eigenvalue weighted by Crippen LogP contribution is -2.22. The molecule has 0 bridgehead atoms. The summed E-state index contributed by atoms with van der Waals surface area (Å²) in [6.07, 6.45) is 0. The van der Waals surface area contributed by atoms with Crippen molar-refractivity contribution in [1.82, 2.24) is 9.55 Å². The minimum absolute atomic E-state index is 0.0757. The minimum atomic E-state index is -0.178. The smallest absolute Gasteiger partial charge is 0.272 e. The fourth-order valence-electron chi connectivity index (χ4n) is 3.18. The maximum Gasteiger partial charge on any atom is 0.272 e. The molecule has 0 fully saturated rings. The SMILES string of the molecule is CCn1c(SCC(=O)Nc2cccc(Cl)c2C)nc2cc(-c3ccccc3)sc2c1=O. The van der Waals surface area contributed by atoms with Gasteiger partial charge >= 0.3 is 0 Å². The molecule has 0 saturated carbocycles. The van der Waals surface area contributed by atoms with Crippen LogP contribution in [-0.2, 0) is 11.3 Å². The molecule has 2 aromatic carbocycles. The molecule has 5 nitrogen and oxygen atoms in total. The zero-order chi connectivity index (χ0) is 22.0. The van der Waals surface area contributed by atoms with E-state index < -0.39 is 0 Å². The number of nitrogens with zero attached hydrogens (tertiary/aromatic N) is 2. The Balaban J connectivity index is 1.59. The van der Waals surface area contributed by atoms with Crippen LogP contribution in [0.1, 0.15) is 12.5 Å². The molecule has 2 heterocycles. The molecule has 31 heavy (non-hydrogen) atoms. The average molecular weight is 470 g/mol. The molecule has 0 aliphatic heterocycles. The molecule has 2 aromatic heterocycles. The second kappa shape index (κ2) is 9.26.